The fraction of sp³-hybridized carbons (Fsp3) is 0.375. The van der Waals surface area contributed by atoms with Crippen molar-refractivity contribution in [2.45, 2.75) is 65.8 Å². The minimum atomic E-state index is -0.188. The van der Waals surface area contributed by atoms with Gasteiger partial charge in [-0.2, -0.15) is 0 Å². The number of rotatable bonds is 2. The Morgan fingerprint density at radius 3 is 2.36 bits per heavy atom. The highest BCUT2D eigenvalue weighted by Gasteiger charge is 2.55. The smallest absolute Gasteiger partial charge is 0.0716 e. The predicted octanol–water partition coefficient (Wildman–Crippen LogP) is 8.19. The number of anilines is 1. The highest BCUT2D eigenvalue weighted by atomic mass is 15.2. The van der Waals surface area contributed by atoms with Crippen LogP contribution in [0.15, 0.2) is 88.7 Å². The van der Waals surface area contributed by atoms with E-state index in [1.807, 2.05) is 0 Å². The molecule has 2 aromatic carbocycles. The van der Waals surface area contributed by atoms with Gasteiger partial charge in [0.05, 0.1) is 5.41 Å². The predicted molar refractivity (Wildman–Crippen MR) is 140 cm³/mol. The molecule has 0 radical (unpaired) electrons. The summed E-state index contributed by atoms with van der Waals surface area (Å²) in [6.45, 7) is 14.2. The van der Waals surface area contributed by atoms with E-state index in [4.69, 9.17) is 0 Å². The molecule has 33 heavy (non-hydrogen) atoms. The van der Waals surface area contributed by atoms with Gasteiger partial charge in [0.15, 0.2) is 0 Å². The monoisotopic (exact) mass is 433 g/mol. The molecule has 2 atom stereocenters. The second-order valence-electron chi connectivity index (χ2n) is 11.0. The first-order chi connectivity index (χ1) is 15.9. The van der Waals surface area contributed by atoms with Gasteiger partial charge in [0.1, 0.15) is 0 Å². The maximum absolute atomic E-state index is 2.64. The third-order valence-electron chi connectivity index (χ3n) is 8.55. The van der Waals surface area contributed by atoms with Gasteiger partial charge in [-0.25, -0.2) is 0 Å². The topological polar surface area (TPSA) is 3.24 Å². The fourth-order valence-corrected chi connectivity index (χ4v) is 7.28. The molecule has 0 saturated carbocycles. The third kappa shape index (κ3) is 2.49. The highest BCUT2D eigenvalue weighted by Crippen LogP contribution is 2.65. The molecule has 0 saturated heterocycles. The van der Waals surface area contributed by atoms with E-state index in [1.54, 1.807) is 16.7 Å². The highest BCUT2D eigenvalue weighted by molar-refractivity contribution is 5.93. The molecule has 0 aromatic heterocycles. The van der Waals surface area contributed by atoms with Gasteiger partial charge >= 0.3 is 0 Å². The Morgan fingerprint density at radius 2 is 1.64 bits per heavy atom. The first kappa shape index (κ1) is 20.8. The zero-order valence-electron chi connectivity index (χ0n) is 20.9. The molecule has 3 aliphatic carbocycles. The number of allylic oxidation sites excluding steroid dienone is 7. The fourth-order valence-electron chi connectivity index (χ4n) is 7.28. The summed E-state index contributed by atoms with van der Waals surface area (Å²) in [7, 11) is 0. The van der Waals surface area contributed by atoms with Crippen LogP contribution in [0.2, 0.25) is 0 Å². The largest absolute Gasteiger partial charge is 0.338 e. The maximum atomic E-state index is 2.64. The Hall–Kier alpha value is -2.80. The van der Waals surface area contributed by atoms with E-state index in [2.05, 4.69) is 107 Å². The number of nitrogens with zero attached hydrogens (tertiary/aromatic N) is 1. The summed E-state index contributed by atoms with van der Waals surface area (Å²) in [5, 5.41) is 0. The van der Waals surface area contributed by atoms with Gasteiger partial charge in [0.25, 0.3) is 0 Å². The minimum absolute atomic E-state index is 0.188. The van der Waals surface area contributed by atoms with Crippen molar-refractivity contribution in [3.8, 4) is 0 Å². The molecule has 2 unspecified atom stereocenters. The summed E-state index contributed by atoms with van der Waals surface area (Å²) in [5.74, 6) is 1.10. The van der Waals surface area contributed by atoms with E-state index in [0.29, 0.717) is 17.9 Å². The van der Waals surface area contributed by atoms with Gasteiger partial charge in [-0.05, 0) is 90.5 Å². The van der Waals surface area contributed by atoms with E-state index < -0.39 is 0 Å². The molecule has 1 aliphatic heterocycles. The van der Waals surface area contributed by atoms with Crippen molar-refractivity contribution in [1.82, 2.24) is 0 Å². The lowest BCUT2D eigenvalue weighted by atomic mass is 9.62. The number of para-hydroxylation sites is 1. The normalized spacial score (nSPS) is 25.5. The zero-order chi connectivity index (χ0) is 23.1. The van der Waals surface area contributed by atoms with Crippen molar-refractivity contribution < 1.29 is 0 Å². The van der Waals surface area contributed by atoms with Gasteiger partial charge in [-0.15, -0.1) is 0 Å². The van der Waals surface area contributed by atoms with Gasteiger partial charge in [0.2, 0.25) is 0 Å². The van der Waals surface area contributed by atoms with Crippen molar-refractivity contribution in [2.24, 2.45) is 11.8 Å². The van der Waals surface area contributed by atoms with Gasteiger partial charge in [0, 0.05) is 17.4 Å². The Labute approximate surface area is 199 Å². The van der Waals surface area contributed by atoms with Crippen LogP contribution in [0.4, 0.5) is 5.69 Å². The molecule has 0 bridgehead atoms. The third-order valence-corrected chi connectivity index (χ3v) is 8.55. The van der Waals surface area contributed by atoms with Crippen LogP contribution in [-0.4, -0.2) is 6.04 Å². The zero-order valence-corrected chi connectivity index (χ0v) is 20.9. The van der Waals surface area contributed by atoms with Crippen LogP contribution in [0, 0.1) is 11.8 Å². The second-order valence-corrected chi connectivity index (χ2v) is 11.0. The Kier molecular flexibility index (Phi) is 4.47. The molecule has 1 heteroatoms. The van der Waals surface area contributed by atoms with Crippen molar-refractivity contribution in [1.29, 1.82) is 0 Å². The summed E-state index contributed by atoms with van der Waals surface area (Å²) in [4.78, 5) is 2.64. The Bertz CT molecular complexity index is 1300. The average Bonchev–Trinajstić information content (AvgIpc) is 3.29. The number of hydrogen-bond donors (Lipinski definition) is 0. The van der Waals surface area contributed by atoms with E-state index >= 15 is 0 Å². The summed E-state index contributed by atoms with van der Waals surface area (Å²) >= 11 is 0. The summed E-state index contributed by atoms with van der Waals surface area (Å²) in [6.07, 6.45) is 7.10. The van der Waals surface area contributed by atoms with Crippen LogP contribution >= 0.6 is 0 Å². The Balaban J connectivity index is 1.78. The quantitative estimate of drug-likeness (QED) is 0.461. The lowest BCUT2D eigenvalue weighted by molar-refractivity contribution is 0.638. The molecular weight excluding hydrogens is 398 g/mol. The van der Waals surface area contributed by atoms with E-state index in [1.165, 1.54) is 39.2 Å². The van der Waals surface area contributed by atoms with Crippen LogP contribution in [-0.2, 0) is 5.41 Å². The summed E-state index contributed by atoms with van der Waals surface area (Å²) in [5.41, 5.74) is 14.9. The lowest BCUT2D eigenvalue weighted by Gasteiger charge is -2.47. The minimum Gasteiger partial charge on any atom is -0.338 e. The maximum Gasteiger partial charge on any atom is 0.0716 e. The van der Waals surface area contributed by atoms with Gasteiger partial charge in [-0.1, -0.05) is 81.0 Å². The van der Waals surface area contributed by atoms with Crippen LogP contribution < -0.4 is 4.90 Å². The molecule has 1 nitrogen and oxygen atoms in total. The molecule has 1 spiro atoms. The first-order valence-electron chi connectivity index (χ1n) is 12.7. The molecular formula is C32H35N. The molecule has 0 fully saturated rings. The lowest BCUT2D eigenvalue weighted by Crippen LogP contribution is -2.43. The number of benzene rings is 2. The molecule has 0 amide bonds. The number of fused-ring (bicyclic) bond motifs is 7. The molecule has 2 aromatic rings. The van der Waals surface area contributed by atoms with Crippen LogP contribution in [0.3, 0.4) is 0 Å². The summed E-state index contributed by atoms with van der Waals surface area (Å²) < 4.78 is 0. The van der Waals surface area contributed by atoms with Crippen molar-refractivity contribution in [2.75, 3.05) is 4.90 Å². The molecule has 4 aliphatic rings. The Morgan fingerprint density at radius 1 is 0.939 bits per heavy atom. The molecule has 168 valence electrons. The molecule has 0 N–H and O–H groups in total. The van der Waals surface area contributed by atoms with Gasteiger partial charge < -0.3 is 4.90 Å². The number of hydrogen-bond acceptors (Lipinski definition) is 1. The first-order valence-corrected chi connectivity index (χ1v) is 12.7. The second kappa shape index (κ2) is 7.10. The van der Waals surface area contributed by atoms with Crippen molar-refractivity contribution in [3.05, 3.63) is 105 Å². The molecule has 6 rings (SSSR count). The average molecular weight is 434 g/mol. The standard InChI is InChI=1S/C32H35N/c1-19(2)24-18-28-31(22(24)6)33(20(3)4)29-17-10-9-15-26(29)32(28)25-14-8-7-13-23(25)30-21(5)12-11-16-27(30)32/h7-11,13-17,19-21H,12,18H2,1-6H3. The van der Waals surface area contributed by atoms with E-state index in [-0.39, 0.29) is 5.41 Å². The van der Waals surface area contributed by atoms with Crippen LogP contribution in [0.25, 0.3) is 5.57 Å². The molecule has 1 heterocycles. The SMILES string of the molecule is CC1=C(C(C)C)CC2=C1N(C(C)C)c1ccccc1C21C2=C(c3ccccc31)C(C)CC=C2. The van der Waals surface area contributed by atoms with Crippen molar-refractivity contribution in [3.63, 3.8) is 0 Å². The van der Waals surface area contributed by atoms with Gasteiger partial charge in [-0.3, -0.25) is 0 Å². The summed E-state index contributed by atoms with van der Waals surface area (Å²) in [6, 6.07) is 18.9. The van der Waals surface area contributed by atoms with Crippen LogP contribution in [0.1, 0.15) is 71.1 Å². The van der Waals surface area contributed by atoms with Crippen LogP contribution in [0.5, 0.6) is 0 Å². The van der Waals surface area contributed by atoms with Crippen molar-refractivity contribution >= 4 is 11.3 Å². The van der Waals surface area contributed by atoms with E-state index in [0.717, 1.165) is 12.8 Å². The van der Waals surface area contributed by atoms with E-state index in [9.17, 15) is 0 Å².